The fourth-order valence-electron chi connectivity index (χ4n) is 2.99. The molecule has 138 valence electrons. The minimum atomic E-state index is -1.64. The Morgan fingerprint density at radius 2 is 1.96 bits per heavy atom. The van der Waals surface area contributed by atoms with Crippen LogP contribution in [-0.2, 0) is 14.4 Å². The number of unbranched alkanes of at least 4 members (excludes halogenated alkanes) is 1. The van der Waals surface area contributed by atoms with Crippen LogP contribution in [0.4, 0.5) is 0 Å². The second-order valence-corrected chi connectivity index (χ2v) is 6.52. The Bertz CT molecular complexity index is 455. The van der Waals surface area contributed by atoms with Gasteiger partial charge in [0.15, 0.2) is 0 Å². The standard InChI is InChI=1S/C16H29N3O5/c1-4-5-7-11(13(20)15(22)18-24)16(23)19-9-6-8-12(19)14(21)17-10(2)3/h10-13,20,24H,4-9H2,1-3H3,(H,17,21)(H,18,22). The van der Waals surface area contributed by atoms with Gasteiger partial charge in [-0.15, -0.1) is 0 Å². The number of hydrogen-bond donors (Lipinski definition) is 4. The number of carbonyl (C=O) groups excluding carboxylic acids is 3. The van der Waals surface area contributed by atoms with E-state index in [1.165, 1.54) is 10.4 Å². The van der Waals surface area contributed by atoms with Crippen molar-refractivity contribution in [3.63, 3.8) is 0 Å². The molecule has 0 aliphatic carbocycles. The van der Waals surface area contributed by atoms with Crippen molar-refractivity contribution in [2.75, 3.05) is 6.54 Å². The normalized spacial score (nSPS) is 19.9. The van der Waals surface area contributed by atoms with Crippen LogP contribution in [0.25, 0.3) is 0 Å². The van der Waals surface area contributed by atoms with Crippen molar-refractivity contribution in [3.05, 3.63) is 0 Å². The molecule has 1 aliphatic rings. The van der Waals surface area contributed by atoms with E-state index in [1.54, 1.807) is 0 Å². The number of nitrogens with one attached hydrogen (secondary N) is 2. The van der Waals surface area contributed by atoms with Crippen LogP contribution >= 0.6 is 0 Å². The lowest BCUT2D eigenvalue weighted by molar-refractivity contribution is -0.152. The number of likely N-dealkylation sites (tertiary alicyclic amines) is 1. The van der Waals surface area contributed by atoms with Gasteiger partial charge in [0.25, 0.3) is 5.91 Å². The predicted octanol–water partition coefficient (Wildman–Crippen LogP) is 0.175. The monoisotopic (exact) mass is 343 g/mol. The molecule has 3 amide bonds. The molecule has 0 radical (unpaired) electrons. The molecule has 3 unspecified atom stereocenters. The summed E-state index contributed by atoms with van der Waals surface area (Å²) in [6.07, 6.45) is 1.40. The number of carbonyl (C=O) groups is 3. The maximum atomic E-state index is 12.8. The van der Waals surface area contributed by atoms with Gasteiger partial charge in [0.05, 0.1) is 5.92 Å². The van der Waals surface area contributed by atoms with Gasteiger partial charge in [0.1, 0.15) is 12.1 Å². The molecule has 0 aromatic carbocycles. The molecule has 1 heterocycles. The fraction of sp³-hybridized carbons (Fsp3) is 0.812. The van der Waals surface area contributed by atoms with E-state index in [9.17, 15) is 19.5 Å². The summed E-state index contributed by atoms with van der Waals surface area (Å²) < 4.78 is 0. The molecular weight excluding hydrogens is 314 g/mol. The number of aliphatic hydroxyl groups is 1. The van der Waals surface area contributed by atoms with Crippen molar-refractivity contribution in [2.24, 2.45) is 5.92 Å². The Kier molecular flexibility index (Phi) is 8.14. The molecule has 1 aliphatic heterocycles. The van der Waals surface area contributed by atoms with Crippen LogP contribution < -0.4 is 10.8 Å². The molecule has 4 N–H and O–H groups in total. The summed E-state index contributed by atoms with van der Waals surface area (Å²) >= 11 is 0. The molecular formula is C16H29N3O5. The molecule has 0 saturated carbocycles. The maximum absolute atomic E-state index is 12.8. The third-order valence-electron chi connectivity index (χ3n) is 4.22. The van der Waals surface area contributed by atoms with E-state index < -0.39 is 29.9 Å². The van der Waals surface area contributed by atoms with Crippen LogP contribution in [-0.4, -0.2) is 57.7 Å². The second kappa shape index (κ2) is 9.58. The minimum Gasteiger partial charge on any atom is -0.382 e. The lowest BCUT2D eigenvalue weighted by Gasteiger charge is -2.30. The molecule has 0 aromatic rings. The molecule has 0 spiro atoms. The first kappa shape index (κ1) is 20.4. The summed E-state index contributed by atoms with van der Waals surface area (Å²) in [6.45, 7) is 6.05. The Morgan fingerprint density at radius 1 is 1.29 bits per heavy atom. The van der Waals surface area contributed by atoms with Crippen molar-refractivity contribution in [1.29, 1.82) is 0 Å². The van der Waals surface area contributed by atoms with Crippen LogP contribution in [0.15, 0.2) is 0 Å². The van der Waals surface area contributed by atoms with E-state index in [4.69, 9.17) is 5.21 Å². The number of aliphatic hydroxyl groups excluding tert-OH is 1. The van der Waals surface area contributed by atoms with Gasteiger partial charge in [-0.25, -0.2) is 5.48 Å². The highest BCUT2D eigenvalue weighted by molar-refractivity contribution is 5.92. The van der Waals surface area contributed by atoms with Crippen LogP contribution in [0.3, 0.4) is 0 Å². The van der Waals surface area contributed by atoms with E-state index in [-0.39, 0.29) is 11.9 Å². The van der Waals surface area contributed by atoms with Crippen LogP contribution in [0.2, 0.25) is 0 Å². The van der Waals surface area contributed by atoms with E-state index in [2.05, 4.69) is 5.32 Å². The number of rotatable bonds is 8. The van der Waals surface area contributed by atoms with Gasteiger partial charge in [0, 0.05) is 12.6 Å². The Labute approximate surface area is 142 Å². The second-order valence-electron chi connectivity index (χ2n) is 6.52. The van der Waals surface area contributed by atoms with E-state index >= 15 is 0 Å². The van der Waals surface area contributed by atoms with Crippen LogP contribution in [0.5, 0.6) is 0 Å². The molecule has 24 heavy (non-hydrogen) atoms. The lowest BCUT2D eigenvalue weighted by atomic mass is 9.93. The number of amides is 3. The van der Waals surface area contributed by atoms with E-state index in [1.807, 2.05) is 20.8 Å². The topological polar surface area (TPSA) is 119 Å². The van der Waals surface area contributed by atoms with Gasteiger partial charge < -0.3 is 15.3 Å². The first-order valence-electron chi connectivity index (χ1n) is 8.56. The average Bonchev–Trinajstić information content (AvgIpc) is 3.03. The zero-order valence-corrected chi connectivity index (χ0v) is 14.6. The molecule has 8 nitrogen and oxygen atoms in total. The highest BCUT2D eigenvalue weighted by atomic mass is 16.5. The zero-order chi connectivity index (χ0) is 18.3. The first-order valence-corrected chi connectivity index (χ1v) is 8.56. The quantitative estimate of drug-likeness (QED) is 0.370. The summed E-state index contributed by atoms with van der Waals surface area (Å²) in [5.74, 6) is -2.61. The maximum Gasteiger partial charge on any atom is 0.272 e. The molecule has 0 bridgehead atoms. The largest absolute Gasteiger partial charge is 0.382 e. The molecule has 1 rings (SSSR count). The molecule has 8 heteroatoms. The lowest BCUT2D eigenvalue weighted by Crippen LogP contribution is -2.52. The molecule has 1 saturated heterocycles. The van der Waals surface area contributed by atoms with E-state index in [0.717, 1.165) is 6.42 Å². The number of hydroxylamine groups is 1. The van der Waals surface area contributed by atoms with Gasteiger partial charge in [-0.05, 0) is 33.1 Å². The van der Waals surface area contributed by atoms with E-state index in [0.29, 0.717) is 32.2 Å². The average molecular weight is 343 g/mol. The summed E-state index contributed by atoms with van der Waals surface area (Å²) in [5, 5.41) is 21.6. The van der Waals surface area contributed by atoms with Crippen LogP contribution in [0.1, 0.15) is 52.9 Å². The first-order chi connectivity index (χ1) is 11.3. The van der Waals surface area contributed by atoms with Gasteiger partial charge >= 0.3 is 0 Å². The number of hydrogen-bond acceptors (Lipinski definition) is 5. The van der Waals surface area contributed by atoms with Gasteiger partial charge in [-0.1, -0.05) is 19.8 Å². The van der Waals surface area contributed by atoms with Crippen molar-refractivity contribution in [3.8, 4) is 0 Å². The third kappa shape index (κ3) is 5.17. The zero-order valence-electron chi connectivity index (χ0n) is 14.6. The molecule has 1 fully saturated rings. The summed E-state index contributed by atoms with van der Waals surface area (Å²) in [4.78, 5) is 38.1. The smallest absolute Gasteiger partial charge is 0.272 e. The predicted molar refractivity (Wildman–Crippen MR) is 87.0 cm³/mol. The van der Waals surface area contributed by atoms with Gasteiger partial charge in [-0.3, -0.25) is 19.6 Å². The Hall–Kier alpha value is -1.67. The van der Waals surface area contributed by atoms with Crippen molar-refractivity contribution in [1.82, 2.24) is 15.7 Å². The highest BCUT2D eigenvalue weighted by Gasteiger charge is 2.40. The third-order valence-corrected chi connectivity index (χ3v) is 4.22. The van der Waals surface area contributed by atoms with Gasteiger partial charge in [0.2, 0.25) is 11.8 Å². The summed E-state index contributed by atoms with van der Waals surface area (Å²) in [7, 11) is 0. The highest BCUT2D eigenvalue weighted by Crippen LogP contribution is 2.24. The molecule has 0 aromatic heterocycles. The van der Waals surface area contributed by atoms with Crippen LogP contribution in [0, 0.1) is 5.92 Å². The Balaban J connectivity index is 2.90. The Morgan fingerprint density at radius 3 is 2.50 bits per heavy atom. The fourth-order valence-corrected chi connectivity index (χ4v) is 2.99. The number of nitrogens with zero attached hydrogens (tertiary/aromatic N) is 1. The minimum absolute atomic E-state index is 0.0308. The van der Waals surface area contributed by atoms with Crippen molar-refractivity contribution >= 4 is 17.7 Å². The SMILES string of the molecule is CCCCC(C(=O)N1CCCC1C(=O)NC(C)C)C(O)C(=O)NO. The summed E-state index contributed by atoms with van der Waals surface area (Å²) in [5.41, 5.74) is 1.39. The summed E-state index contributed by atoms with van der Waals surface area (Å²) in [6, 6.07) is -0.606. The van der Waals surface area contributed by atoms with Gasteiger partial charge in [-0.2, -0.15) is 0 Å². The van der Waals surface area contributed by atoms with Crippen molar-refractivity contribution in [2.45, 2.75) is 71.1 Å². The molecule has 3 atom stereocenters. The van der Waals surface area contributed by atoms with Crippen molar-refractivity contribution < 1.29 is 24.7 Å².